The smallest absolute Gasteiger partial charge is 0.270 e. The van der Waals surface area contributed by atoms with E-state index in [9.17, 15) is 9.59 Å². The van der Waals surface area contributed by atoms with E-state index in [1.165, 1.54) is 0 Å². The summed E-state index contributed by atoms with van der Waals surface area (Å²) in [6.45, 7) is 0.256. The van der Waals surface area contributed by atoms with Crippen molar-refractivity contribution in [2.75, 3.05) is 19.4 Å². The first-order valence-corrected chi connectivity index (χ1v) is 7.71. The molecule has 2 aromatic rings. The highest BCUT2D eigenvalue weighted by Gasteiger charge is 2.15. The zero-order chi connectivity index (χ0) is 18.4. The van der Waals surface area contributed by atoms with Crippen LogP contribution in [0.4, 0.5) is 5.69 Å². The molecule has 0 unspecified atom stereocenters. The van der Waals surface area contributed by atoms with E-state index in [0.29, 0.717) is 22.3 Å². The molecule has 7 heteroatoms. The Hall–Kier alpha value is -3.09. The summed E-state index contributed by atoms with van der Waals surface area (Å²) in [5, 5.41) is 16.3. The molecule has 126 valence electrons. The van der Waals surface area contributed by atoms with Gasteiger partial charge >= 0.3 is 0 Å². The van der Waals surface area contributed by atoms with Crippen molar-refractivity contribution < 1.29 is 9.59 Å². The van der Waals surface area contributed by atoms with Crippen LogP contribution in [0.2, 0.25) is 0 Å². The van der Waals surface area contributed by atoms with E-state index in [-0.39, 0.29) is 18.2 Å². The average Bonchev–Trinajstić information content (AvgIpc) is 2.65. The van der Waals surface area contributed by atoms with Crippen molar-refractivity contribution in [3.05, 3.63) is 59.2 Å². The topological polar surface area (TPSA) is 94.1 Å². The van der Waals surface area contributed by atoms with Crippen LogP contribution in [-0.2, 0) is 11.3 Å². The van der Waals surface area contributed by atoms with Gasteiger partial charge in [-0.25, -0.2) is 0 Å². The molecule has 0 fully saturated rings. The summed E-state index contributed by atoms with van der Waals surface area (Å²) < 4.78 is 0. The maximum Gasteiger partial charge on any atom is 0.270 e. The van der Waals surface area contributed by atoms with Crippen molar-refractivity contribution in [3.63, 3.8) is 0 Å². The van der Waals surface area contributed by atoms with Crippen LogP contribution < -0.4 is 21.4 Å². The second kappa shape index (κ2) is 8.14. The predicted octanol–water partition coefficient (Wildman–Crippen LogP) is 0.566. The van der Waals surface area contributed by atoms with Gasteiger partial charge in [-0.05, 0) is 23.8 Å². The van der Waals surface area contributed by atoms with E-state index in [4.69, 9.17) is 13.3 Å². The van der Waals surface area contributed by atoms with Gasteiger partial charge in [0.1, 0.15) is 13.6 Å². The van der Waals surface area contributed by atoms with Crippen molar-refractivity contribution in [2.45, 2.75) is 6.54 Å². The lowest BCUT2D eigenvalue weighted by molar-refractivity contribution is -0.114. The van der Waals surface area contributed by atoms with Crippen LogP contribution in [0.1, 0.15) is 21.5 Å². The molecule has 0 aliphatic heterocycles. The largest absolute Gasteiger partial charge is 0.388 e. The Morgan fingerprint density at radius 1 is 1.08 bits per heavy atom. The van der Waals surface area contributed by atoms with Crippen LogP contribution in [0, 0.1) is 5.41 Å². The zero-order valence-electron chi connectivity index (χ0n) is 14.1. The number of anilines is 1. The van der Waals surface area contributed by atoms with Crippen molar-refractivity contribution >= 4 is 36.5 Å². The molecule has 0 aromatic heterocycles. The van der Waals surface area contributed by atoms with Gasteiger partial charge in [0.2, 0.25) is 0 Å². The van der Waals surface area contributed by atoms with Gasteiger partial charge in [0.25, 0.3) is 11.8 Å². The summed E-state index contributed by atoms with van der Waals surface area (Å²) in [4.78, 5) is 23.7. The number of benzene rings is 2. The molecule has 0 aliphatic carbocycles. The SMILES string of the molecule is [B]c1ccc(NC)c(C(=N)C(=O)NCc2ccc(C(=O)NC)cc2)c1. The first-order valence-electron chi connectivity index (χ1n) is 7.71. The lowest BCUT2D eigenvalue weighted by Gasteiger charge is -2.12. The summed E-state index contributed by atoms with van der Waals surface area (Å²) >= 11 is 0. The number of hydrogen-bond donors (Lipinski definition) is 4. The molecule has 25 heavy (non-hydrogen) atoms. The molecule has 2 aromatic carbocycles. The minimum atomic E-state index is -0.502. The second-order valence-electron chi connectivity index (χ2n) is 5.39. The third-order valence-corrected chi connectivity index (χ3v) is 3.71. The minimum Gasteiger partial charge on any atom is -0.388 e. The molecular formula is C18H19BN4O2. The van der Waals surface area contributed by atoms with Gasteiger partial charge in [0, 0.05) is 37.5 Å². The Bertz CT molecular complexity index is 803. The molecule has 2 radical (unpaired) electrons. The minimum absolute atomic E-state index is 0.168. The highest BCUT2D eigenvalue weighted by atomic mass is 16.2. The van der Waals surface area contributed by atoms with E-state index in [2.05, 4.69) is 16.0 Å². The maximum absolute atomic E-state index is 12.2. The van der Waals surface area contributed by atoms with E-state index >= 15 is 0 Å². The van der Waals surface area contributed by atoms with Crippen LogP contribution in [-0.4, -0.2) is 39.5 Å². The highest BCUT2D eigenvalue weighted by Crippen LogP contribution is 2.13. The molecular weight excluding hydrogens is 315 g/mol. The summed E-state index contributed by atoms with van der Waals surface area (Å²) in [5.41, 5.74) is 2.79. The van der Waals surface area contributed by atoms with Crippen molar-refractivity contribution in [1.82, 2.24) is 10.6 Å². The number of carbonyl (C=O) groups excluding carboxylic acids is 2. The zero-order valence-corrected chi connectivity index (χ0v) is 14.1. The Morgan fingerprint density at radius 3 is 2.36 bits per heavy atom. The highest BCUT2D eigenvalue weighted by molar-refractivity contribution is 6.46. The predicted molar refractivity (Wildman–Crippen MR) is 99.9 cm³/mol. The Balaban J connectivity index is 2.04. The molecule has 0 atom stereocenters. The monoisotopic (exact) mass is 334 g/mol. The van der Waals surface area contributed by atoms with Crippen LogP contribution in [0.3, 0.4) is 0 Å². The van der Waals surface area contributed by atoms with Crippen LogP contribution >= 0.6 is 0 Å². The Kier molecular flexibility index (Phi) is 5.95. The van der Waals surface area contributed by atoms with E-state index in [1.54, 1.807) is 56.6 Å². The van der Waals surface area contributed by atoms with Gasteiger partial charge in [0.05, 0.1) is 0 Å². The fourth-order valence-corrected chi connectivity index (χ4v) is 2.30. The number of hydrogen-bond acceptors (Lipinski definition) is 4. The van der Waals surface area contributed by atoms with Gasteiger partial charge in [-0.3, -0.25) is 15.0 Å². The second-order valence-corrected chi connectivity index (χ2v) is 5.39. The number of carbonyl (C=O) groups is 2. The van der Waals surface area contributed by atoms with E-state index < -0.39 is 5.91 Å². The first kappa shape index (κ1) is 18.3. The quantitative estimate of drug-likeness (QED) is 0.459. The van der Waals surface area contributed by atoms with Crippen LogP contribution in [0.5, 0.6) is 0 Å². The average molecular weight is 334 g/mol. The Morgan fingerprint density at radius 2 is 1.76 bits per heavy atom. The molecule has 0 spiro atoms. The maximum atomic E-state index is 12.2. The summed E-state index contributed by atoms with van der Waals surface area (Å²) in [7, 11) is 9.03. The fourth-order valence-electron chi connectivity index (χ4n) is 2.30. The first-order chi connectivity index (χ1) is 12.0. The van der Waals surface area contributed by atoms with Crippen molar-refractivity contribution in [1.29, 1.82) is 5.41 Å². The molecule has 2 amide bonds. The molecule has 0 bridgehead atoms. The summed E-state index contributed by atoms with van der Waals surface area (Å²) in [6.07, 6.45) is 0. The molecule has 0 saturated carbocycles. The van der Waals surface area contributed by atoms with Crippen LogP contribution in [0.25, 0.3) is 0 Å². The number of nitrogens with one attached hydrogen (secondary N) is 4. The van der Waals surface area contributed by atoms with Gasteiger partial charge in [-0.2, -0.15) is 0 Å². The third kappa shape index (κ3) is 4.47. The number of amides is 2. The fraction of sp³-hybridized carbons (Fsp3) is 0.167. The van der Waals surface area contributed by atoms with Crippen LogP contribution in [0.15, 0.2) is 42.5 Å². The van der Waals surface area contributed by atoms with E-state index in [1.807, 2.05) is 0 Å². The third-order valence-electron chi connectivity index (χ3n) is 3.71. The lowest BCUT2D eigenvalue weighted by atomic mass is 9.92. The molecule has 0 saturated heterocycles. The van der Waals surface area contributed by atoms with Gasteiger partial charge in [-0.1, -0.05) is 29.7 Å². The normalized spacial score (nSPS) is 10.0. The number of rotatable bonds is 6. The molecule has 2 rings (SSSR count). The van der Waals surface area contributed by atoms with Crippen molar-refractivity contribution in [2.24, 2.45) is 0 Å². The summed E-state index contributed by atoms with van der Waals surface area (Å²) in [6, 6.07) is 11.9. The Labute approximate surface area is 147 Å². The van der Waals surface area contributed by atoms with E-state index in [0.717, 1.165) is 5.56 Å². The molecule has 0 aliphatic rings. The van der Waals surface area contributed by atoms with Gasteiger partial charge in [0.15, 0.2) is 0 Å². The standard InChI is InChI=1S/C18H19BN4O2/c1-21-15-8-7-13(19)9-14(15)16(20)18(25)23-10-11-3-5-12(6-4-11)17(24)22-2/h3-9,20-21H,10H2,1-2H3,(H,22,24)(H,23,25). The molecule has 4 N–H and O–H groups in total. The lowest BCUT2D eigenvalue weighted by Crippen LogP contribution is -2.31. The summed E-state index contributed by atoms with van der Waals surface area (Å²) in [5.74, 6) is -0.670. The van der Waals surface area contributed by atoms with Gasteiger partial charge in [-0.15, -0.1) is 0 Å². The van der Waals surface area contributed by atoms with Gasteiger partial charge < -0.3 is 16.0 Å². The molecule has 0 heterocycles. The molecule has 6 nitrogen and oxygen atoms in total. The van der Waals surface area contributed by atoms with Crippen molar-refractivity contribution in [3.8, 4) is 0 Å².